The van der Waals surface area contributed by atoms with Gasteiger partial charge in [-0.15, -0.1) is 0 Å². The highest BCUT2D eigenvalue weighted by molar-refractivity contribution is 6.30. The second-order valence-corrected chi connectivity index (χ2v) is 5.67. The topological polar surface area (TPSA) is 37.3 Å². The van der Waals surface area contributed by atoms with Crippen molar-refractivity contribution < 1.29 is 9.90 Å². The summed E-state index contributed by atoms with van der Waals surface area (Å²) in [5.74, 6) is -0.143. The second kappa shape index (κ2) is 4.69. The Morgan fingerprint density at radius 1 is 1.47 bits per heavy atom. The molecule has 2 nitrogen and oxygen atoms in total. The van der Waals surface area contributed by atoms with Gasteiger partial charge in [0.05, 0.1) is 5.41 Å². The van der Waals surface area contributed by atoms with Crippen molar-refractivity contribution in [2.75, 3.05) is 0 Å². The summed E-state index contributed by atoms with van der Waals surface area (Å²) in [5.41, 5.74) is 0.499. The Bertz CT molecular complexity index is 413. The summed E-state index contributed by atoms with van der Waals surface area (Å²) in [6.07, 6.45) is 3.20. The van der Waals surface area contributed by atoms with Crippen molar-refractivity contribution in [1.82, 2.24) is 0 Å². The molecule has 0 bridgehead atoms. The number of benzene rings is 1. The van der Waals surface area contributed by atoms with Gasteiger partial charge in [-0.3, -0.25) is 4.79 Å². The summed E-state index contributed by atoms with van der Waals surface area (Å²) in [6, 6.07) is 7.50. The summed E-state index contributed by atoms with van der Waals surface area (Å²) in [4.78, 5) is 11.5. The number of hydrogen-bond donors (Lipinski definition) is 1. The van der Waals surface area contributed by atoms with Crippen LogP contribution in [0.3, 0.4) is 0 Å². The standard InChI is InChI=1S/C14H17ClO2/c1-10-6-7-14(8-10,13(16)17)9-11-2-4-12(15)5-3-11/h2-5,10H,6-9H2,1H3,(H,16,17). The Balaban J connectivity index is 2.19. The van der Waals surface area contributed by atoms with E-state index in [4.69, 9.17) is 11.6 Å². The number of hydrogen-bond acceptors (Lipinski definition) is 1. The van der Waals surface area contributed by atoms with Crippen LogP contribution in [0.15, 0.2) is 24.3 Å². The summed E-state index contributed by atoms with van der Waals surface area (Å²) >= 11 is 5.83. The molecule has 17 heavy (non-hydrogen) atoms. The smallest absolute Gasteiger partial charge is 0.309 e. The molecule has 1 N–H and O–H groups in total. The van der Waals surface area contributed by atoms with Gasteiger partial charge < -0.3 is 5.11 Å². The highest BCUT2D eigenvalue weighted by Crippen LogP contribution is 2.44. The first-order chi connectivity index (χ1) is 8.02. The predicted octanol–water partition coefficient (Wildman–Crippen LogP) is 3.77. The highest BCUT2D eigenvalue weighted by atomic mass is 35.5. The molecule has 0 radical (unpaired) electrons. The normalized spacial score (nSPS) is 28.2. The van der Waals surface area contributed by atoms with Crippen LogP contribution in [0.2, 0.25) is 5.02 Å². The largest absolute Gasteiger partial charge is 0.481 e. The zero-order valence-corrected chi connectivity index (χ0v) is 10.7. The Morgan fingerprint density at radius 2 is 2.12 bits per heavy atom. The van der Waals surface area contributed by atoms with E-state index in [-0.39, 0.29) is 0 Å². The van der Waals surface area contributed by atoms with E-state index in [0.717, 1.165) is 24.8 Å². The molecule has 1 aromatic rings. The van der Waals surface area contributed by atoms with Gasteiger partial charge in [0.25, 0.3) is 0 Å². The molecule has 0 aromatic heterocycles. The van der Waals surface area contributed by atoms with Crippen LogP contribution in [0.4, 0.5) is 0 Å². The highest BCUT2D eigenvalue weighted by Gasteiger charge is 2.43. The molecular weight excluding hydrogens is 236 g/mol. The van der Waals surface area contributed by atoms with E-state index in [9.17, 15) is 9.90 Å². The van der Waals surface area contributed by atoms with Crippen molar-refractivity contribution in [3.63, 3.8) is 0 Å². The van der Waals surface area contributed by atoms with Crippen LogP contribution in [-0.4, -0.2) is 11.1 Å². The van der Waals surface area contributed by atoms with E-state index in [1.807, 2.05) is 24.3 Å². The van der Waals surface area contributed by atoms with Crippen LogP contribution in [0.25, 0.3) is 0 Å². The van der Waals surface area contributed by atoms with Crippen LogP contribution in [-0.2, 0) is 11.2 Å². The van der Waals surface area contributed by atoms with E-state index in [0.29, 0.717) is 17.4 Å². The van der Waals surface area contributed by atoms with Crippen LogP contribution < -0.4 is 0 Å². The minimum Gasteiger partial charge on any atom is -0.481 e. The van der Waals surface area contributed by atoms with Gasteiger partial charge in [-0.1, -0.05) is 30.7 Å². The Labute approximate surface area is 107 Å². The summed E-state index contributed by atoms with van der Waals surface area (Å²) in [6.45, 7) is 2.13. The lowest BCUT2D eigenvalue weighted by Gasteiger charge is -2.24. The van der Waals surface area contributed by atoms with E-state index < -0.39 is 11.4 Å². The molecule has 0 heterocycles. The Kier molecular flexibility index (Phi) is 3.43. The first-order valence-electron chi connectivity index (χ1n) is 6.00. The van der Waals surface area contributed by atoms with Gasteiger partial charge in [-0.2, -0.15) is 0 Å². The molecule has 3 heteroatoms. The van der Waals surface area contributed by atoms with Crippen molar-refractivity contribution in [2.24, 2.45) is 11.3 Å². The molecule has 1 aromatic carbocycles. The Hall–Kier alpha value is -1.02. The third-order valence-electron chi connectivity index (χ3n) is 3.76. The van der Waals surface area contributed by atoms with Crippen LogP contribution >= 0.6 is 11.6 Å². The molecule has 1 aliphatic rings. The number of rotatable bonds is 3. The number of carboxylic acids is 1. The summed E-state index contributed by atoms with van der Waals surface area (Å²) < 4.78 is 0. The van der Waals surface area contributed by atoms with Gasteiger partial charge in [0, 0.05) is 5.02 Å². The third kappa shape index (κ3) is 2.63. The SMILES string of the molecule is CC1CCC(Cc2ccc(Cl)cc2)(C(=O)O)C1. The zero-order chi connectivity index (χ0) is 12.5. The molecular formula is C14H17ClO2. The van der Waals surface area contributed by atoms with Crippen LogP contribution in [0.5, 0.6) is 0 Å². The van der Waals surface area contributed by atoms with Crippen molar-refractivity contribution in [3.05, 3.63) is 34.9 Å². The fourth-order valence-electron chi connectivity index (χ4n) is 2.82. The van der Waals surface area contributed by atoms with Crippen LogP contribution in [0.1, 0.15) is 31.7 Å². The molecule has 2 unspecified atom stereocenters. The van der Waals surface area contributed by atoms with E-state index >= 15 is 0 Å². The lowest BCUT2D eigenvalue weighted by molar-refractivity contribution is -0.148. The predicted molar refractivity (Wildman–Crippen MR) is 68.2 cm³/mol. The first-order valence-corrected chi connectivity index (χ1v) is 6.37. The average Bonchev–Trinajstić information content (AvgIpc) is 2.65. The Morgan fingerprint density at radius 3 is 2.59 bits per heavy atom. The van der Waals surface area contributed by atoms with Gasteiger partial charge in [0.2, 0.25) is 0 Å². The molecule has 0 spiro atoms. The first kappa shape index (κ1) is 12.4. The number of aliphatic carboxylic acids is 1. The maximum Gasteiger partial charge on any atom is 0.309 e. The zero-order valence-electron chi connectivity index (χ0n) is 9.95. The fourth-order valence-corrected chi connectivity index (χ4v) is 2.94. The minimum atomic E-state index is -0.656. The van der Waals surface area contributed by atoms with Gasteiger partial charge in [-0.05, 0) is 49.3 Å². The lowest BCUT2D eigenvalue weighted by atomic mass is 9.79. The van der Waals surface area contributed by atoms with Crippen molar-refractivity contribution >= 4 is 17.6 Å². The molecule has 0 aliphatic heterocycles. The van der Waals surface area contributed by atoms with E-state index in [1.54, 1.807) is 0 Å². The number of carbonyl (C=O) groups is 1. The molecule has 2 rings (SSSR count). The molecule has 2 atom stereocenters. The molecule has 0 amide bonds. The maximum absolute atomic E-state index is 11.5. The van der Waals surface area contributed by atoms with Crippen molar-refractivity contribution in [1.29, 1.82) is 0 Å². The van der Waals surface area contributed by atoms with E-state index in [1.165, 1.54) is 0 Å². The van der Waals surface area contributed by atoms with Crippen molar-refractivity contribution in [3.8, 4) is 0 Å². The summed E-state index contributed by atoms with van der Waals surface area (Å²) in [5, 5.41) is 10.2. The van der Waals surface area contributed by atoms with Gasteiger partial charge >= 0.3 is 5.97 Å². The molecule has 0 saturated heterocycles. The van der Waals surface area contributed by atoms with Gasteiger partial charge in [0.1, 0.15) is 0 Å². The second-order valence-electron chi connectivity index (χ2n) is 5.24. The third-order valence-corrected chi connectivity index (χ3v) is 4.02. The molecule has 1 aliphatic carbocycles. The molecule has 92 valence electrons. The average molecular weight is 253 g/mol. The molecule has 1 saturated carbocycles. The monoisotopic (exact) mass is 252 g/mol. The van der Waals surface area contributed by atoms with Crippen molar-refractivity contribution in [2.45, 2.75) is 32.6 Å². The maximum atomic E-state index is 11.5. The summed E-state index contributed by atoms with van der Waals surface area (Å²) in [7, 11) is 0. The molecule has 1 fully saturated rings. The van der Waals surface area contributed by atoms with Gasteiger partial charge in [-0.25, -0.2) is 0 Å². The van der Waals surface area contributed by atoms with E-state index in [2.05, 4.69) is 6.92 Å². The fraction of sp³-hybridized carbons (Fsp3) is 0.500. The quantitative estimate of drug-likeness (QED) is 0.889. The lowest BCUT2D eigenvalue weighted by Crippen LogP contribution is -2.30. The number of halogens is 1. The minimum absolute atomic E-state index is 0.512. The van der Waals surface area contributed by atoms with Crippen LogP contribution in [0, 0.1) is 11.3 Å². The number of carboxylic acid groups (broad SMARTS) is 1. The van der Waals surface area contributed by atoms with Gasteiger partial charge in [0.15, 0.2) is 0 Å².